The largest absolute Gasteiger partial charge is 0.487 e. The number of halogens is 4. The fraction of sp³-hybridized carbons (Fsp3) is 0.606. The minimum atomic E-state index is -4.75. The monoisotopic (exact) mass is 670 g/mol. The summed E-state index contributed by atoms with van der Waals surface area (Å²) in [5.74, 6) is -2.09. The van der Waals surface area contributed by atoms with Crippen LogP contribution in [0.3, 0.4) is 0 Å². The molecule has 45 heavy (non-hydrogen) atoms. The Labute approximate surface area is 268 Å². The molecular weight excluding hydrogens is 629 g/mol. The van der Waals surface area contributed by atoms with Crippen LogP contribution < -0.4 is 14.4 Å². The Bertz CT molecular complexity index is 1490. The number of ether oxygens (including phenoxy) is 1. The zero-order valence-electron chi connectivity index (χ0n) is 25.7. The number of nitrogens with zero attached hydrogens (tertiary/aromatic N) is 1. The van der Waals surface area contributed by atoms with Gasteiger partial charge in [-0.05, 0) is 117 Å². The molecule has 7 nitrogen and oxygen atoms in total. The van der Waals surface area contributed by atoms with E-state index in [9.17, 15) is 31.5 Å². The van der Waals surface area contributed by atoms with Crippen molar-refractivity contribution in [2.45, 2.75) is 89.4 Å². The Morgan fingerprint density at radius 3 is 2.51 bits per heavy atom. The molecule has 0 radical (unpaired) electrons. The molecular formula is C33H42ClF3N2O5S. The lowest BCUT2D eigenvalue weighted by atomic mass is 9.63. The number of nitrogens with one attached hydrogen (secondary N) is 1. The fourth-order valence-electron chi connectivity index (χ4n) is 7.09. The number of rotatable bonds is 1. The van der Waals surface area contributed by atoms with Crippen molar-refractivity contribution in [1.29, 1.82) is 0 Å². The van der Waals surface area contributed by atoms with E-state index < -0.39 is 45.3 Å². The van der Waals surface area contributed by atoms with Crippen LogP contribution in [-0.4, -0.2) is 50.1 Å². The second-order valence-electron chi connectivity index (χ2n) is 13.0. The van der Waals surface area contributed by atoms with E-state index in [1.165, 1.54) is 13.0 Å². The van der Waals surface area contributed by atoms with Gasteiger partial charge in [-0.25, -0.2) is 13.1 Å². The van der Waals surface area contributed by atoms with Crippen LogP contribution in [0.15, 0.2) is 36.4 Å². The van der Waals surface area contributed by atoms with Crippen molar-refractivity contribution in [3.63, 3.8) is 0 Å². The van der Waals surface area contributed by atoms with E-state index in [1.807, 2.05) is 18.2 Å². The molecule has 2 aromatic rings. The van der Waals surface area contributed by atoms with Crippen molar-refractivity contribution >= 4 is 33.2 Å². The maximum absolute atomic E-state index is 13.9. The molecule has 248 valence electrons. The number of hydrogen-bond donors (Lipinski definition) is 2. The van der Waals surface area contributed by atoms with Gasteiger partial charge in [0.15, 0.2) is 6.10 Å². The Morgan fingerprint density at radius 1 is 1.02 bits per heavy atom. The molecule has 0 saturated heterocycles. The van der Waals surface area contributed by atoms with E-state index in [4.69, 9.17) is 16.3 Å². The molecule has 12 heteroatoms. The number of sulfonamides is 1. The molecule has 1 aliphatic carbocycles. The van der Waals surface area contributed by atoms with Crippen molar-refractivity contribution in [2.75, 3.05) is 18.0 Å². The number of aliphatic hydroxyl groups excluding tert-OH is 1. The van der Waals surface area contributed by atoms with Crippen LogP contribution in [0.5, 0.6) is 5.75 Å². The summed E-state index contributed by atoms with van der Waals surface area (Å²) in [7, 11) is -4.08. The van der Waals surface area contributed by atoms with E-state index in [-0.39, 0.29) is 30.4 Å². The van der Waals surface area contributed by atoms with Gasteiger partial charge in [-0.2, -0.15) is 13.2 Å². The maximum atomic E-state index is 13.9. The summed E-state index contributed by atoms with van der Waals surface area (Å²) in [5.41, 5.74) is 2.79. The number of hydrogen-bond acceptors (Lipinski definition) is 6. The Kier molecular flexibility index (Phi) is 10.3. The number of carbonyl (C=O) groups excluding carboxylic acids is 1. The highest BCUT2D eigenvalue weighted by atomic mass is 35.5. The van der Waals surface area contributed by atoms with Gasteiger partial charge in [0.1, 0.15) is 12.4 Å². The van der Waals surface area contributed by atoms with Gasteiger partial charge in [0, 0.05) is 23.7 Å². The third-order valence-corrected chi connectivity index (χ3v) is 12.3. The van der Waals surface area contributed by atoms with Crippen LogP contribution in [0, 0.1) is 23.7 Å². The summed E-state index contributed by atoms with van der Waals surface area (Å²) in [6.45, 7) is 4.45. The first-order valence-corrected chi connectivity index (χ1v) is 17.8. The van der Waals surface area contributed by atoms with Crippen LogP contribution in [-0.2, 0) is 23.1 Å². The number of benzene rings is 2. The Balaban J connectivity index is 1.55. The molecule has 2 heterocycles. The molecule has 2 bridgehead atoms. The molecule has 1 saturated carbocycles. The van der Waals surface area contributed by atoms with Crippen molar-refractivity contribution < 1.29 is 36.2 Å². The first-order valence-electron chi connectivity index (χ1n) is 15.8. The topological polar surface area (TPSA) is 95.9 Å². The van der Waals surface area contributed by atoms with Crippen LogP contribution in [0.1, 0.15) is 80.3 Å². The van der Waals surface area contributed by atoms with Gasteiger partial charge >= 0.3 is 6.18 Å². The molecule has 1 fully saturated rings. The summed E-state index contributed by atoms with van der Waals surface area (Å²) in [4.78, 5) is 15.4. The third kappa shape index (κ3) is 7.73. The second-order valence-corrected chi connectivity index (χ2v) is 15.5. The minimum Gasteiger partial charge on any atom is -0.487 e. The van der Waals surface area contributed by atoms with E-state index in [0.717, 1.165) is 36.8 Å². The highest BCUT2D eigenvalue weighted by Crippen LogP contribution is 2.47. The van der Waals surface area contributed by atoms with E-state index in [1.54, 1.807) is 19.1 Å². The zero-order valence-corrected chi connectivity index (χ0v) is 27.2. The molecule has 1 amide bonds. The average Bonchev–Trinajstić information content (AvgIpc) is 2.99. The number of fused-ring (bicyclic) bond motifs is 3. The van der Waals surface area contributed by atoms with Gasteiger partial charge in [0.25, 0.3) is 5.91 Å². The number of aryl methyl sites for hydroxylation is 1. The van der Waals surface area contributed by atoms with Gasteiger partial charge in [-0.1, -0.05) is 31.0 Å². The van der Waals surface area contributed by atoms with Crippen LogP contribution in [0.25, 0.3) is 0 Å². The fourth-order valence-corrected chi connectivity index (χ4v) is 8.60. The molecule has 3 unspecified atom stereocenters. The molecule has 3 aliphatic rings. The second kappa shape index (κ2) is 13.7. The Hall–Kier alpha value is -2.50. The highest BCUT2D eigenvalue weighted by Gasteiger charge is 2.50. The molecule has 5 rings (SSSR count). The van der Waals surface area contributed by atoms with Gasteiger partial charge in [0.2, 0.25) is 10.0 Å². The lowest BCUT2D eigenvalue weighted by molar-refractivity contribution is -0.231. The summed E-state index contributed by atoms with van der Waals surface area (Å²) in [5, 5.41) is 10.2. The van der Waals surface area contributed by atoms with Crippen LogP contribution in [0.2, 0.25) is 5.02 Å². The highest BCUT2D eigenvalue weighted by molar-refractivity contribution is 7.90. The van der Waals surface area contributed by atoms with E-state index in [0.29, 0.717) is 48.8 Å². The van der Waals surface area contributed by atoms with Gasteiger partial charge in [-0.3, -0.25) is 4.79 Å². The minimum absolute atomic E-state index is 0.0944. The number of alkyl halides is 3. The maximum Gasteiger partial charge on any atom is 0.414 e. The quantitative estimate of drug-likeness (QED) is 0.343. The number of aliphatic hydroxyl groups is 1. The number of amides is 1. The van der Waals surface area contributed by atoms with Crippen LogP contribution in [0.4, 0.5) is 18.9 Å². The third-order valence-electron chi connectivity index (χ3n) is 10.2. The molecule has 0 spiro atoms. The normalized spacial score (nSPS) is 28.6. The van der Waals surface area contributed by atoms with Crippen molar-refractivity contribution in [2.24, 2.45) is 23.7 Å². The van der Waals surface area contributed by atoms with Crippen molar-refractivity contribution in [1.82, 2.24) is 4.72 Å². The summed E-state index contributed by atoms with van der Waals surface area (Å²) >= 11 is 6.28. The molecule has 2 N–H and O–H groups in total. The summed E-state index contributed by atoms with van der Waals surface area (Å²) in [6, 6.07) is 10.5. The summed E-state index contributed by atoms with van der Waals surface area (Å²) in [6.07, 6.45) is -2.70. The molecule has 6 atom stereocenters. The lowest BCUT2D eigenvalue weighted by Crippen LogP contribution is -2.48. The lowest BCUT2D eigenvalue weighted by Gasteiger charge is -2.46. The average molecular weight is 671 g/mol. The predicted octanol–water partition coefficient (Wildman–Crippen LogP) is 6.90. The van der Waals surface area contributed by atoms with Crippen molar-refractivity contribution in [3.8, 4) is 5.75 Å². The SMILES string of the molecule is CC1CCC[C@@H]([C@H](O)C(F)(F)F)C2CCC2CN2CCCCc3cc(Cl)ccc3COc3ccc(cc32)C(=O)NS(=O)(=O)[C@@H]1C. The van der Waals surface area contributed by atoms with Gasteiger partial charge in [-0.15, -0.1) is 0 Å². The number of anilines is 1. The smallest absolute Gasteiger partial charge is 0.414 e. The predicted molar refractivity (Wildman–Crippen MR) is 168 cm³/mol. The molecule has 0 aromatic heterocycles. The van der Waals surface area contributed by atoms with Gasteiger partial charge in [0.05, 0.1) is 10.9 Å². The summed E-state index contributed by atoms with van der Waals surface area (Å²) < 4.78 is 76.7. The zero-order chi connectivity index (χ0) is 32.5. The standard InChI is InChI=1S/C33H42ClF3N2O5S/c1-20-6-5-8-28(31(40)33(35,36)37)27-13-10-24(27)18-39-15-4-3-7-22-16-26(34)12-9-25(22)19-44-30-14-11-23(17-29(30)39)32(41)38-45(42,43)21(20)2/h9,11-12,14,16-17,20-21,24,27-28,31,40H,3-8,10,13,15,18-19H2,1-2H3,(H,38,41)/t20?,21-,24?,27?,28-,31+/m1/s1. The van der Waals surface area contributed by atoms with Crippen LogP contribution >= 0.6 is 11.6 Å². The number of carbonyl (C=O) groups is 1. The molecule has 2 aromatic carbocycles. The first-order chi connectivity index (χ1) is 21.2. The molecule has 2 aliphatic heterocycles. The van der Waals surface area contributed by atoms with Crippen molar-refractivity contribution in [3.05, 3.63) is 58.1 Å². The Morgan fingerprint density at radius 2 is 1.80 bits per heavy atom. The van der Waals surface area contributed by atoms with E-state index >= 15 is 0 Å². The first kappa shape index (κ1) is 33.9. The van der Waals surface area contributed by atoms with Gasteiger partial charge < -0.3 is 14.7 Å². The van der Waals surface area contributed by atoms with E-state index in [2.05, 4.69) is 9.62 Å².